The number of benzene rings is 2. The van der Waals surface area contributed by atoms with Crippen LogP contribution in [0.25, 0.3) is 11.3 Å². The predicted octanol–water partition coefficient (Wildman–Crippen LogP) is 2.65. The van der Waals surface area contributed by atoms with E-state index in [1.165, 1.54) is 6.20 Å². The average molecular weight is 456 g/mol. The molecule has 0 atom stereocenters. The number of rotatable bonds is 6. The van der Waals surface area contributed by atoms with Gasteiger partial charge in [0.1, 0.15) is 0 Å². The van der Waals surface area contributed by atoms with Gasteiger partial charge in [-0.3, -0.25) is 14.5 Å². The van der Waals surface area contributed by atoms with Crippen LogP contribution in [-0.2, 0) is 0 Å². The number of amides is 2. The number of carbonyl (C=O) groups is 2. The largest absolute Gasteiger partial charge is 0.382 e. The van der Waals surface area contributed by atoms with Crippen LogP contribution in [0.4, 0.5) is 11.5 Å². The molecular formula is C25H25N7O2. The summed E-state index contributed by atoms with van der Waals surface area (Å²) in [6, 6.07) is 18.3. The Morgan fingerprint density at radius 3 is 2.56 bits per heavy atom. The third-order valence-electron chi connectivity index (χ3n) is 5.65. The van der Waals surface area contributed by atoms with E-state index in [4.69, 9.17) is 11.0 Å². The molecule has 0 unspecified atom stereocenters. The molecule has 0 aliphatic carbocycles. The van der Waals surface area contributed by atoms with Gasteiger partial charge in [-0.05, 0) is 24.3 Å². The summed E-state index contributed by atoms with van der Waals surface area (Å²) in [5.74, 6) is -0.495. The lowest BCUT2D eigenvalue weighted by atomic mass is 10.1. The molecule has 2 heterocycles. The van der Waals surface area contributed by atoms with E-state index >= 15 is 0 Å². The number of nitrogen functional groups attached to an aromatic ring is 1. The minimum Gasteiger partial charge on any atom is -0.382 e. The number of aromatic nitrogens is 2. The second kappa shape index (κ2) is 10.6. The number of carbonyl (C=O) groups excluding carboxylic acids is 2. The van der Waals surface area contributed by atoms with Gasteiger partial charge in [0, 0.05) is 56.0 Å². The highest BCUT2D eigenvalue weighted by Crippen LogP contribution is 2.22. The Balaban J connectivity index is 1.49. The topological polar surface area (TPSA) is 128 Å². The van der Waals surface area contributed by atoms with Crippen LogP contribution in [0.3, 0.4) is 0 Å². The Hall–Kier alpha value is -4.29. The van der Waals surface area contributed by atoms with Crippen molar-refractivity contribution in [3.63, 3.8) is 0 Å². The molecule has 34 heavy (non-hydrogen) atoms. The van der Waals surface area contributed by atoms with Crippen LogP contribution in [0.1, 0.15) is 27.3 Å². The summed E-state index contributed by atoms with van der Waals surface area (Å²) >= 11 is 0. The Morgan fingerprint density at radius 2 is 1.82 bits per heavy atom. The van der Waals surface area contributed by atoms with Gasteiger partial charge in [0.05, 0.1) is 18.0 Å². The van der Waals surface area contributed by atoms with Crippen molar-refractivity contribution in [1.29, 1.82) is 5.26 Å². The lowest BCUT2D eigenvalue weighted by molar-refractivity contribution is 0.0639. The lowest BCUT2D eigenvalue weighted by Gasteiger charge is -2.34. The third kappa shape index (κ3) is 5.36. The fourth-order valence-corrected chi connectivity index (χ4v) is 3.79. The van der Waals surface area contributed by atoms with E-state index in [1.54, 1.807) is 30.3 Å². The van der Waals surface area contributed by atoms with Gasteiger partial charge in [0.25, 0.3) is 11.8 Å². The number of piperazine rings is 1. The Kier molecular flexibility index (Phi) is 7.10. The maximum absolute atomic E-state index is 13.1. The number of nitrogens with zero attached hydrogens (tertiary/aromatic N) is 5. The Morgan fingerprint density at radius 1 is 1.06 bits per heavy atom. The number of hydrogen-bond acceptors (Lipinski definition) is 7. The molecule has 0 saturated carbocycles. The van der Waals surface area contributed by atoms with E-state index in [9.17, 15) is 9.59 Å². The van der Waals surface area contributed by atoms with Gasteiger partial charge >= 0.3 is 0 Å². The zero-order valence-corrected chi connectivity index (χ0v) is 18.6. The molecule has 1 aliphatic heterocycles. The SMILES string of the molecule is N#CCCN1CCN(C(=O)c2cccc(-c3cnc(N)c(C(=O)Nc4ccccc4)n3)c2)CC1. The number of nitrogens with two attached hydrogens (primary N) is 1. The monoisotopic (exact) mass is 455 g/mol. The van der Waals surface area contributed by atoms with Crippen LogP contribution in [0.5, 0.6) is 0 Å². The first-order valence-corrected chi connectivity index (χ1v) is 11.0. The second-order valence-corrected chi connectivity index (χ2v) is 7.93. The van der Waals surface area contributed by atoms with E-state index in [0.29, 0.717) is 42.0 Å². The van der Waals surface area contributed by atoms with Crippen molar-refractivity contribution in [2.24, 2.45) is 0 Å². The smallest absolute Gasteiger partial charge is 0.278 e. The Labute approximate surface area is 197 Å². The summed E-state index contributed by atoms with van der Waals surface area (Å²) in [5, 5.41) is 11.5. The standard InChI is InChI=1S/C25H25N7O2/c26-10-5-11-31-12-14-32(15-13-31)25(34)19-7-4-6-18(16-19)21-17-28-23(27)22(30-21)24(33)29-20-8-2-1-3-9-20/h1-4,6-9,16-17H,5,11-15H2,(H2,27,28)(H,29,33). The van der Waals surface area contributed by atoms with E-state index in [0.717, 1.165) is 19.6 Å². The van der Waals surface area contributed by atoms with Crippen LogP contribution in [0.15, 0.2) is 60.8 Å². The first-order chi connectivity index (χ1) is 16.5. The number of nitrogens with one attached hydrogen (secondary N) is 1. The molecule has 1 aliphatic rings. The quantitative estimate of drug-likeness (QED) is 0.585. The van der Waals surface area contributed by atoms with Gasteiger partial charge < -0.3 is 16.0 Å². The van der Waals surface area contributed by atoms with Gasteiger partial charge in [-0.1, -0.05) is 30.3 Å². The van der Waals surface area contributed by atoms with Gasteiger partial charge in [0.2, 0.25) is 0 Å². The van der Waals surface area contributed by atoms with E-state index in [-0.39, 0.29) is 17.4 Å². The number of hydrogen-bond donors (Lipinski definition) is 2. The summed E-state index contributed by atoms with van der Waals surface area (Å²) in [6.07, 6.45) is 1.98. The summed E-state index contributed by atoms with van der Waals surface area (Å²) in [4.78, 5) is 38.4. The molecular weight excluding hydrogens is 430 g/mol. The van der Waals surface area contributed by atoms with Crippen LogP contribution in [0.2, 0.25) is 0 Å². The van der Waals surface area contributed by atoms with Crippen molar-refractivity contribution < 1.29 is 9.59 Å². The van der Waals surface area contributed by atoms with Crippen molar-refractivity contribution in [1.82, 2.24) is 19.8 Å². The predicted molar refractivity (Wildman–Crippen MR) is 129 cm³/mol. The average Bonchev–Trinajstić information content (AvgIpc) is 2.88. The van der Waals surface area contributed by atoms with Crippen LogP contribution in [0, 0.1) is 11.3 Å². The van der Waals surface area contributed by atoms with Crippen molar-refractivity contribution >= 4 is 23.3 Å². The molecule has 1 aromatic heterocycles. The third-order valence-corrected chi connectivity index (χ3v) is 5.65. The Bertz CT molecular complexity index is 1220. The molecule has 1 saturated heterocycles. The number of nitriles is 1. The summed E-state index contributed by atoms with van der Waals surface area (Å²) in [5.41, 5.74) is 8.22. The molecule has 0 radical (unpaired) electrons. The summed E-state index contributed by atoms with van der Waals surface area (Å²) in [7, 11) is 0. The zero-order chi connectivity index (χ0) is 23.9. The van der Waals surface area contributed by atoms with Crippen LogP contribution < -0.4 is 11.1 Å². The van der Waals surface area contributed by atoms with Crippen molar-refractivity contribution in [2.45, 2.75) is 6.42 Å². The lowest BCUT2D eigenvalue weighted by Crippen LogP contribution is -2.48. The van der Waals surface area contributed by atoms with E-state index in [2.05, 4.69) is 26.3 Å². The van der Waals surface area contributed by atoms with E-state index < -0.39 is 5.91 Å². The molecule has 4 rings (SSSR count). The summed E-state index contributed by atoms with van der Waals surface area (Å²) in [6.45, 7) is 3.44. The molecule has 9 nitrogen and oxygen atoms in total. The van der Waals surface area contributed by atoms with Crippen molar-refractivity contribution in [3.8, 4) is 17.3 Å². The first kappa shape index (κ1) is 22.9. The molecule has 0 bridgehead atoms. The highest BCUT2D eigenvalue weighted by molar-refractivity contribution is 6.06. The van der Waals surface area contributed by atoms with Gasteiger partial charge in [0.15, 0.2) is 11.5 Å². The van der Waals surface area contributed by atoms with Crippen LogP contribution >= 0.6 is 0 Å². The molecule has 172 valence electrons. The maximum Gasteiger partial charge on any atom is 0.278 e. The highest BCUT2D eigenvalue weighted by Gasteiger charge is 2.22. The molecule has 2 aromatic carbocycles. The highest BCUT2D eigenvalue weighted by atomic mass is 16.2. The summed E-state index contributed by atoms with van der Waals surface area (Å²) < 4.78 is 0. The van der Waals surface area contributed by atoms with Gasteiger partial charge in [-0.15, -0.1) is 0 Å². The fourth-order valence-electron chi connectivity index (χ4n) is 3.79. The van der Waals surface area contributed by atoms with Crippen molar-refractivity contribution in [3.05, 3.63) is 72.1 Å². The fraction of sp³-hybridized carbons (Fsp3) is 0.240. The van der Waals surface area contributed by atoms with Gasteiger partial charge in [-0.25, -0.2) is 9.97 Å². The normalized spacial score (nSPS) is 13.8. The second-order valence-electron chi connectivity index (χ2n) is 7.93. The van der Waals surface area contributed by atoms with Crippen molar-refractivity contribution in [2.75, 3.05) is 43.8 Å². The van der Waals surface area contributed by atoms with Crippen LogP contribution in [-0.4, -0.2) is 64.3 Å². The molecule has 3 N–H and O–H groups in total. The molecule has 0 spiro atoms. The van der Waals surface area contributed by atoms with Gasteiger partial charge in [-0.2, -0.15) is 5.26 Å². The minimum atomic E-state index is -0.459. The molecule has 9 heteroatoms. The first-order valence-electron chi connectivity index (χ1n) is 11.0. The zero-order valence-electron chi connectivity index (χ0n) is 18.6. The molecule has 2 amide bonds. The maximum atomic E-state index is 13.1. The molecule has 3 aromatic rings. The minimum absolute atomic E-state index is 0.0200. The van der Waals surface area contributed by atoms with E-state index in [1.807, 2.05) is 29.2 Å². The number of para-hydroxylation sites is 1. The molecule has 1 fully saturated rings. The number of anilines is 2.